The zero-order valence-corrected chi connectivity index (χ0v) is 19.8. The highest BCUT2D eigenvalue weighted by Crippen LogP contribution is 2.42. The molecule has 7 heteroatoms. The second-order valence-electron chi connectivity index (χ2n) is 9.60. The highest BCUT2D eigenvalue weighted by Gasteiger charge is 2.37. The lowest BCUT2D eigenvalue weighted by molar-refractivity contribution is 0.0300. The molecule has 0 amide bonds. The summed E-state index contributed by atoms with van der Waals surface area (Å²) in [4.78, 5) is 5.15. The van der Waals surface area contributed by atoms with Crippen molar-refractivity contribution in [3.8, 4) is 11.4 Å². The first kappa shape index (κ1) is 21.7. The molecule has 0 atom stereocenters. The van der Waals surface area contributed by atoms with Crippen LogP contribution >= 0.6 is 11.6 Å². The summed E-state index contributed by atoms with van der Waals surface area (Å²) in [7, 11) is 1.89. The second-order valence-corrected chi connectivity index (χ2v) is 9.96. The van der Waals surface area contributed by atoms with Gasteiger partial charge in [-0.15, -0.1) is 0 Å². The summed E-state index contributed by atoms with van der Waals surface area (Å²) in [6.45, 7) is 8.42. The minimum absolute atomic E-state index is 0.508. The van der Waals surface area contributed by atoms with E-state index >= 15 is 0 Å². The van der Waals surface area contributed by atoms with Crippen LogP contribution in [0.2, 0.25) is 5.15 Å². The van der Waals surface area contributed by atoms with Crippen molar-refractivity contribution in [1.29, 1.82) is 0 Å². The van der Waals surface area contributed by atoms with Gasteiger partial charge in [0.05, 0.1) is 0 Å². The van der Waals surface area contributed by atoms with Crippen molar-refractivity contribution in [2.45, 2.75) is 45.7 Å². The van der Waals surface area contributed by atoms with Gasteiger partial charge in [0.15, 0.2) is 0 Å². The molecule has 2 fully saturated rings. The molecule has 2 aromatic heterocycles. The summed E-state index contributed by atoms with van der Waals surface area (Å²) >= 11 is 6.62. The maximum atomic E-state index is 6.62. The molecule has 1 spiro atoms. The fraction of sp³-hybridized carbons (Fsp3) is 0.520. The van der Waals surface area contributed by atoms with Gasteiger partial charge >= 0.3 is 0 Å². The van der Waals surface area contributed by atoms with Crippen molar-refractivity contribution >= 4 is 11.6 Å². The maximum absolute atomic E-state index is 6.62. The van der Waals surface area contributed by atoms with Gasteiger partial charge in [0.1, 0.15) is 22.3 Å². The Morgan fingerprint density at radius 2 is 1.59 bits per heavy atom. The summed E-state index contributed by atoms with van der Waals surface area (Å²) in [5.74, 6) is 0.784. The molecule has 0 bridgehead atoms. The van der Waals surface area contributed by atoms with Crippen LogP contribution in [0.3, 0.4) is 0 Å². The van der Waals surface area contributed by atoms with Crippen LogP contribution in [0.25, 0.3) is 11.4 Å². The molecule has 5 rings (SSSR count). The third-order valence-corrected chi connectivity index (χ3v) is 7.88. The number of hydrogen-bond donors (Lipinski definition) is 0. The topological polar surface area (TPSA) is 50.3 Å². The van der Waals surface area contributed by atoms with E-state index in [0.29, 0.717) is 10.6 Å². The summed E-state index contributed by atoms with van der Waals surface area (Å²) in [5.41, 5.74) is 4.58. The van der Waals surface area contributed by atoms with Crippen LogP contribution in [0.5, 0.6) is 0 Å². The summed E-state index contributed by atoms with van der Waals surface area (Å²) in [6.07, 6.45) is 5.15. The van der Waals surface area contributed by atoms with Crippen LogP contribution in [-0.4, -0.2) is 50.9 Å². The number of benzene rings is 1. The number of hydrogen-bond acceptors (Lipinski definition) is 5. The lowest BCUT2D eigenvalue weighted by atomic mass is 9.71. The smallest absolute Gasteiger partial charge is 0.134 e. The number of rotatable bonds is 5. The monoisotopic (exact) mass is 453 g/mol. The van der Waals surface area contributed by atoms with E-state index in [-0.39, 0.29) is 0 Å². The van der Waals surface area contributed by atoms with E-state index in [4.69, 9.17) is 16.1 Å². The summed E-state index contributed by atoms with van der Waals surface area (Å²) in [5, 5.41) is 9.47. The zero-order chi connectivity index (χ0) is 22.1. The molecule has 2 aliphatic rings. The fourth-order valence-electron chi connectivity index (χ4n) is 5.31. The first-order valence-corrected chi connectivity index (χ1v) is 12.0. The number of halogens is 1. The SMILES string of the molecule is Cc1cc(-c2nn(C)c(Cl)c2CN2CCC3(CCN(Cc4ccccc4)CC3)CC2)no1. The molecular weight excluding hydrogens is 422 g/mol. The molecule has 6 nitrogen and oxygen atoms in total. The van der Waals surface area contributed by atoms with Gasteiger partial charge in [-0.2, -0.15) is 5.10 Å². The highest BCUT2D eigenvalue weighted by atomic mass is 35.5. The van der Waals surface area contributed by atoms with E-state index in [0.717, 1.165) is 48.9 Å². The number of piperidine rings is 2. The third kappa shape index (κ3) is 4.49. The highest BCUT2D eigenvalue weighted by molar-refractivity contribution is 6.30. The minimum Gasteiger partial charge on any atom is -0.361 e. The normalized spacial score (nSPS) is 19.6. The molecule has 0 saturated carbocycles. The van der Waals surface area contributed by atoms with E-state index < -0.39 is 0 Å². The van der Waals surface area contributed by atoms with Crippen molar-refractivity contribution in [2.75, 3.05) is 26.2 Å². The Kier molecular flexibility index (Phi) is 6.10. The van der Waals surface area contributed by atoms with Crippen LogP contribution in [-0.2, 0) is 20.1 Å². The van der Waals surface area contributed by atoms with E-state index in [1.807, 2.05) is 20.0 Å². The van der Waals surface area contributed by atoms with E-state index in [1.165, 1.54) is 44.3 Å². The lowest BCUT2D eigenvalue weighted by Gasteiger charge is -2.47. The number of nitrogens with zero attached hydrogens (tertiary/aromatic N) is 5. The molecule has 1 aromatic carbocycles. The quantitative estimate of drug-likeness (QED) is 0.549. The van der Waals surface area contributed by atoms with Gasteiger partial charge in [-0.3, -0.25) is 14.5 Å². The van der Waals surface area contributed by atoms with Gasteiger partial charge in [0, 0.05) is 31.8 Å². The van der Waals surface area contributed by atoms with E-state index in [1.54, 1.807) is 4.68 Å². The van der Waals surface area contributed by atoms with Gasteiger partial charge in [-0.05, 0) is 69.8 Å². The molecule has 3 aromatic rings. The molecule has 170 valence electrons. The zero-order valence-electron chi connectivity index (χ0n) is 19.1. The summed E-state index contributed by atoms with van der Waals surface area (Å²) in [6, 6.07) is 12.8. The van der Waals surface area contributed by atoms with Crippen molar-refractivity contribution in [1.82, 2.24) is 24.7 Å². The maximum Gasteiger partial charge on any atom is 0.134 e. The van der Waals surface area contributed by atoms with E-state index in [2.05, 4.69) is 50.4 Å². The van der Waals surface area contributed by atoms with Crippen LogP contribution < -0.4 is 0 Å². The van der Waals surface area contributed by atoms with Crippen molar-refractivity contribution < 1.29 is 4.52 Å². The molecule has 0 unspecified atom stereocenters. The second kappa shape index (κ2) is 9.00. The Morgan fingerprint density at radius 1 is 0.969 bits per heavy atom. The minimum atomic E-state index is 0.508. The molecular formula is C25H32ClN5O. The number of aromatic nitrogens is 3. The number of aryl methyl sites for hydroxylation is 2. The Hall–Kier alpha value is -2.15. The van der Waals surface area contributed by atoms with Crippen molar-refractivity contribution in [3.05, 3.63) is 58.4 Å². The standard InChI is InChI=1S/C25H32ClN5O/c1-19-16-22(28-32-19)23-21(24(26)29(2)27-23)18-31-14-10-25(11-15-31)8-12-30(13-9-25)17-20-6-4-3-5-7-20/h3-7,16H,8-15,17-18H2,1-2H3. The average molecular weight is 454 g/mol. The molecule has 0 radical (unpaired) electrons. The Bertz CT molecular complexity index is 1040. The Labute approximate surface area is 195 Å². The van der Waals surface area contributed by atoms with Gasteiger partial charge < -0.3 is 4.52 Å². The third-order valence-electron chi connectivity index (χ3n) is 7.40. The Balaban J connectivity index is 1.18. The van der Waals surface area contributed by atoms with Crippen LogP contribution in [0.4, 0.5) is 0 Å². The van der Waals surface area contributed by atoms with Gasteiger partial charge in [0.2, 0.25) is 0 Å². The molecule has 2 aliphatic heterocycles. The van der Waals surface area contributed by atoms with Gasteiger partial charge in [-0.1, -0.05) is 47.1 Å². The van der Waals surface area contributed by atoms with Crippen LogP contribution in [0, 0.1) is 12.3 Å². The molecule has 2 saturated heterocycles. The van der Waals surface area contributed by atoms with E-state index in [9.17, 15) is 0 Å². The van der Waals surface area contributed by atoms with Gasteiger partial charge in [-0.25, -0.2) is 0 Å². The first-order valence-electron chi connectivity index (χ1n) is 11.7. The Morgan fingerprint density at radius 3 is 2.19 bits per heavy atom. The predicted molar refractivity (Wildman–Crippen MR) is 126 cm³/mol. The largest absolute Gasteiger partial charge is 0.361 e. The van der Waals surface area contributed by atoms with Crippen molar-refractivity contribution in [2.24, 2.45) is 12.5 Å². The predicted octanol–water partition coefficient (Wildman–Crippen LogP) is 4.92. The van der Waals surface area contributed by atoms with Gasteiger partial charge in [0.25, 0.3) is 0 Å². The molecule has 0 N–H and O–H groups in total. The summed E-state index contributed by atoms with van der Waals surface area (Å²) < 4.78 is 7.01. The lowest BCUT2D eigenvalue weighted by Crippen LogP contribution is -2.46. The van der Waals surface area contributed by atoms with Crippen LogP contribution in [0.1, 0.15) is 42.6 Å². The molecule has 0 aliphatic carbocycles. The number of likely N-dealkylation sites (tertiary alicyclic amines) is 2. The molecule has 4 heterocycles. The van der Waals surface area contributed by atoms with Crippen molar-refractivity contribution in [3.63, 3.8) is 0 Å². The average Bonchev–Trinajstić information content (AvgIpc) is 3.36. The van der Waals surface area contributed by atoms with Crippen LogP contribution in [0.15, 0.2) is 40.9 Å². The first-order chi connectivity index (χ1) is 15.5. The fourth-order valence-corrected chi connectivity index (χ4v) is 5.49. The molecule has 32 heavy (non-hydrogen) atoms.